The van der Waals surface area contributed by atoms with Gasteiger partial charge in [-0.25, -0.2) is 9.38 Å². The van der Waals surface area contributed by atoms with Crippen molar-refractivity contribution in [2.45, 2.75) is 32.4 Å². The zero-order valence-corrected chi connectivity index (χ0v) is 14.0. The molecule has 0 saturated carbocycles. The molecule has 2 rings (SSSR count). The average Bonchev–Trinajstić information content (AvgIpc) is 2.57. The number of hydrogen-bond acceptors (Lipinski definition) is 3. The van der Waals surface area contributed by atoms with Gasteiger partial charge >= 0.3 is 0 Å². The number of piperidine rings is 1. The van der Waals surface area contributed by atoms with Crippen LogP contribution in [-0.2, 0) is 11.3 Å². The van der Waals surface area contributed by atoms with Crippen LogP contribution >= 0.6 is 0 Å². The van der Waals surface area contributed by atoms with Crippen LogP contribution in [0.5, 0.6) is 0 Å². The number of aliphatic imine (C=N–C) groups is 1. The maximum absolute atomic E-state index is 13.9. The van der Waals surface area contributed by atoms with Crippen molar-refractivity contribution in [3.05, 3.63) is 35.1 Å². The first-order chi connectivity index (χ1) is 11.5. The SMILES string of the molecule is CCNC(=NCc1ccc(C#N)cc1F)NC1CCC(=O)N(C)C1. The molecule has 1 fully saturated rings. The zero-order valence-electron chi connectivity index (χ0n) is 14.0. The molecular formula is C17H22FN5O. The lowest BCUT2D eigenvalue weighted by molar-refractivity contribution is -0.132. The van der Waals surface area contributed by atoms with Crippen molar-refractivity contribution in [1.82, 2.24) is 15.5 Å². The molecule has 6 nitrogen and oxygen atoms in total. The van der Waals surface area contributed by atoms with Gasteiger partial charge < -0.3 is 15.5 Å². The van der Waals surface area contributed by atoms with Crippen LogP contribution in [0, 0.1) is 17.1 Å². The Bertz CT molecular complexity index is 667. The highest BCUT2D eigenvalue weighted by atomic mass is 19.1. The number of benzene rings is 1. The largest absolute Gasteiger partial charge is 0.357 e. The molecule has 2 N–H and O–H groups in total. The lowest BCUT2D eigenvalue weighted by atomic mass is 10.1. The number of guanidine groups is 1. The first kappa shape index (κ1) is 17.7. The van der Waals surface area contributed by atoms with Crippen LogP contribution in [0.2, 0.25) is 0 Å². The first-order valence-electron chi connectivity index (χ1n) is 8.00. The predicted molar refractivity (Wildman–Crippen MR) is 89.7 cm³/mol. The number of likely N-dealkylation sites (tertiary alicyclic amines) is 1. The van der Waals surface area contributed by atoms with Gasteiger partial charge in [-0.05, 0) is 25.5 Å². The molecule has 0 aromatic heterocycles. The van der Waals surface area contributed by atoms with E-state index in [0.29, 0.717) is 36.6 Å². The lowest BCUT2D eigenvalue weighted by Gasteiger charge is -2.31. The fourth-order valence-electron chi connectivity index (χ4n) is 2.55. The Morgan fingerprint density at radius 1 is 1.54 bits per heavy atom. The van der Waals surface area contributed by atoms with Gasteiger partial charge in [0.05, 0.1) is 18.2 Å². The van der Waals surface area contributed by atoms with E-state index in [9.17, 15) is 9.18 Å². The summed E-state index contributed by atoms with van der Waals surface area (Å²) in [6, 6.07) is 6.40. The van der Waals surface area contributed by atoms with Crippen molar-refractivity contribution in [2.75, 3.05) is 20.1 Å². The third kappa shape index (κ3) is 4.69. The van der Waals surface area contributed by atoms with Crippen LogP contribution in [0.3, 0.4) is 0 Å². The maximum Gasteiger partial charge on any atom is 0.222 e. The second kappa shape index (κ2) is 8.29. The molecule has 128 valence electrons. The van der Waals surface area contributed by atoms with Crippen LogP contribution in [0.4, 0.5) is 4.39 Å². The van der Waals surface area contributed by atoms with E-state index in [1.54, 1.807) is 24.1 Å². The molecule has 1 aliphatic rings. The van der Waals surface area contributed by atoms with Gasteiger partial charge in [-0.2, -0.15) is 5.26 Å². The van der Waals surface area contributed by atoms with Gasteiger partial charge in [0.1, 0.15) is 5.82 Å². The number of likely N-dealkylation sites (N-methyl/N-ethyl adjacent to an activating group) is 1. The Morgan fingerprint density at radius 3 is 2.96 bits per heavy atom. The van der Waals surface area contributed by atoms with Crippen molar-refractivity contribution < 1.29 is 9.18 Å². The number of halogens is 1. The van der Waals surface area contributed by atoms with Gasteiger partial charge in [-0.15, -0.1) is 0 Å². The van der Waals surface area contributed by atoms with Crippen LogP contribution in [-0.4, -0.2) is 42.9 Å². The molecule has 1 aromatic carbocycles. The minimum absolute atomic E-state index is 0.122. The summed E-state index contributed by atoms with van der Waals surface area (Å²) >= 11 is 0. The van der Waals surface area contributed by atoms with E-state index in [2.05, 4.69) is 15.6 Å². The highest BCUT2D eigenvalue weighted by molar-refractivity contribution is 5.81. The normalized spacial score (nSPS) is 18.2. The third-order valence-electron chi connectivity index (χ3n) is 3.90. The molecule has 1 saturated heterocycles. The van der Waals surface area contributed by atoms with Crippen molar-refractivity contribution >= 4 is 11.9 Å². The van der Waals surface area contributed by atoms with Crippen molar-refractivity contribution in [2.24, 2.45) is 4.99 Å². The molecule has 1 aliphatic heterocycles. The van der Waals surface area contributed by atoms with Crippen LogP contribution in [0.15, 0.2) is 23.2 Å². The monoisotopic (exact) mass is 331 g/mol. The van der Waals surface area contributed by atoms with Crippen molar-refractivity contribution in [3.8, 4) is 6.07 Å². The fourth-order valence-corrected chi connectivity index (χ4v) is 2.55. The zero-order chi connectivity index (χ0) is 17.5. The summed E-state index contributed by atoms with van der Waals surface area (Å²) in [6.45, 7) is 3.43. The Kier molecular flexibility index (Phi) is 6.13. The second-order valence-corrected chi connectivity index (χ2v) is 5.77. The van der Waals surface area contributed by atoms with E-state index < -0.39 is 5.82 Å². The number of nitrogens with zero attached hydrogens (tertiary/aromatic N) is 3. The summed E-state index contributed by atoms with van der Waals surface area (Å²) in [5.74, 6) is 0.306. The molecule has 0 spiro atoms. The van der Waals surface area contributed by atoms with Gasteiger partial charge in [-0.3, -0.25) is 4.79 Å². The number of rotatable bonds is 4. The summed E-state index contributed by atoms with van der Waals surface area (Å²) < 4.78 is 13.9. The smallest absolute Gasteiger partial charge is 0.222 e. The quantitative estimate of drug-likeness (QED) is 0.645. The topological polar surface area (TPSA) is 80.5 Å². The van der Waals surface area contributed by atoms with Gasteiger partial charge in [0.2, 0.25) is 5.91 Å². The Balaban J connectivity index is 2.03. The molecular weight excluding hydrogens is 309 g/mol. The van der Waals surface area contributed by atoms with Gasteiger partial charge in [0, 0.05) is 38.2 Å². The minimum Gasteiger partial charge on any atom is -0.357 e. The Hall–Kier alpha value is -2.62. The Morgan fingerprint density at radius 2 is 2.33 bits per heavy atom. The molecule has 1 atom stereocenters. The summed E-state index contributed by atoms with van der Waals surface area (Å²) in [4.78, 5) is 17.6. The van der Waals surface area contributed by atoms with Gasteiger partial charge in [-0.1, -0.05) is 6.07 Å². The van der Waals surface area contributed by atoms with Crippen molar-refractivity contribution in [1.29, 1.82) is 5.26 Å². The fraction of sp³-hybridized carbons (Fsp3) is 0.471. The second-order valence-electron chi connectivity index (χ2n) is 5.77. The maximum atomic E-state index is 13.9. The molecule has 1 heterocycles. The summed E-state index contributed by atoms with van der Waals surface area (Å²) in [6.07, 6.45) is 1.26. The van der Waals surface area contributed by atoms with Crippen LogP contribution < -0.4 is 10.6 Å². The number of hydrogen-bond donors (Lipinski definition) is 2. The number of carbonyl (C=O) groups excluding carboxylic acids is 1. The average molecular weight is 331 g/mol. The summed E-state index contributed by atoms with van der Waals surface area (Å²) in [7, 11) is 1.78. The number of amides is 1. The van der Waals surface area contributed by atoms with E-state index in [4.69, 9.17) is 5.26 Å². The standard InChI is InChI=1S/C17H22FN5O/c1-3-20-17(22-14-6-7-16(24)23(2)11-14)21-10-13-5-4-12(9-19)8-15(13)18/h4-5,8,14H,3,6-7,10-11H2,1-2H3,(H2,20,21,22). The molecule has 1 amide bonds. The van der Waals surface area contributed by atoms with E-state index in [0.717, 1.165) is 6.42 Å². The highest BCUT2D eigenvalue weighted by Gasteiger charge is 2.23. The summed E-state index contributed by atoms with van der Waals surface area (Å²) in [5, 5.41) is 15.2. The number of nitrogens with one attached hydrogen (secondary N) is 2. The van der Waals surface area contributed by atoms with Crippen LogP contribution in [0.1, 0.15) is 30.9 Å². The molecule has 1 unspecified atom stereocenters. The van der Waals surface area contributed by atoms with E-state index in [1.807, 2.05) is 13.0 Å². The lowest BCUT2D eigenvalue weighted by Crippen LogP contribution is -2.51. The third-order valence-corrected chi connectivity index (χ3v) is 3.90. The molecule has 0 aliphatic carbocycles. The summed E-state index contributed by atoms with van der Waals surface area (Å²) in [5.41, 5.74) is 0.724. The Labute approximate surface area is 141 Å². The molecule has 0 radical (unpaired) electrons. The highest BCUT2D eigenvalue weighted by Crippen LogP contribution is 2.12. The first-order valence-corrected chi connectivity index (χ1v) is 8.00. The molecule has 7 heteroatoms. The predicted octanol–water partition coefficient (Wildman–Crippen LogP) is 1.37. The minimum atomic E-state index is -0.434. The van der Waals surface area contributed by atoms with Crippen LogP contribution in [0.25, 0.3) is 0 Å². The van der Waals surface area contributed by atoms with E-state index >= 15 is 0 Å². The van der Waals surface area contributed by atoms with Gasteiger partial charge in [0.25, 0.3) is 0 Å². The van der Waals surface area contributed by atoms with Gasteiger partial charge in [0.15, 0.2) is 5.96 Å². The van der Waals surface area contributed by atoms with E-state index in [1.165, 1.54) is 6.07 Å². The van der Waals surface area contributed by atoms with Crippen molar-refractivity contribution in [3.63, 3.8) is 0 Å². The number of nitriles is 1. The van der Waals surface area contributed by atoms with E-state index in [-0.39, 0.29) is 18.5 Å². The molecule has 1 aromatic rings. The number of carbonyl (C=O) groups is 1. The molecule has 24 heavy (non-hydrogen) atoms. The molecule has 0 bridgehead atoms.